The standard InChI is InChI=1S/C30H43N3O5/c1-10-15-33-18-20(17-23(33)26(35)37-9)31-25(34)24(32-27(36)38-28(2,3)4)19-11-12-21-22(16-19)30(7,8)14-13-29(21,5)6/h11-12,16-18,24H,10,13-15H2,1-9H3,(H,31,34)(H,32,36). The molecular formula is C30H43N3O5. The lowest BCUT2D eigenvalue weighted by atomic mass is 9.63. The molecule has 2 N–H and O–H groups in total. The molecule has 1 aromatic heterocycles. The number of ether oxygens (including phenoxy) is 2. The predicted molar refractivity (Wildman–Crippen MR) is 149 cm³/mol. The number of methoxy groups -OCH3 is 1. The summed E-state index contributed by atoms with van der Waals surface area (Å²) in [4.78, 5) is 38.8. The van der Waals surface area contributed by atoms with Crippen LogP contribution in [0.25, 0.3) is 0 Å². The van der Waals surface area contributed by atoms with Crippen LogP contribution in [-0.2, 0) is 31.6 Å². The molecule has 0 fully saturated rings. The van der Waals surface area contributed by atoms with E-state index in [1.165, 1.54) is 18.2 Å². The van der Waals surface area contributed by atoms with Gasteiger partial charge in [0.1, 0.15) is 17.3 Å². The maximum Gasteiger partial charge on any atom is 0.408 e. The van der Waals surface area contributed by atoms with Gasteiger partial charge in [-0.1, -0.05) is 52.8 Å². The third kappa shape index (κ3) is 6.58. The highest BCUT2D eigenvalue weighted by Crippen LogP contribution is 2.46. The highest BCUT2D eigenvalue weighted by Gasteiger charge is 2.38. The average Bonchev–Trinajstić information content (AvgIpc) is 3.21. The number of esters is 1. The number of anilines is 1. The maximum absolute atomic E-state index is 13.7. The maximum atomic E-state index is 13.7. The first-order valence-electron chi connectivity index (χ1n) is 13.3. The van der Waals surface area contributed by atoms with Crippen molar-refractivity contribution in [2.75, 3.05) is 12.4 Å². The van der Waals surface area contributed by atoms with E-state index in [4.69, 9.17) is 9.47 Å². The van der Waals surface area contributed by atoms with Crippen LogP contribution < -0.4 is 10.6 Å². The smallest absolute Gasteiger partial charge is 0.408 e. The van der Waals surface area contributed by atoms with Gasteiger partial charge in [-0.15, -0.1) is 0 Å². The van der Waals surface area contributed by atoms with Crippen molar-refractivity contribution in [2.24, 2.45) is 0 Å². The molecule has 3 rings (SSSR count). The van der Waals surface area contributed by atoms with Gasteiger partial charge in [0.25, 0.3) is 5.91 Å². The number of hydrogen-bond donors (Lipinski definition) is 2. The number of amides is 2. The largest absolute Gasteiger partial charge is 0.464 e. The topological polar surface area (TPSA) is 98.7 Å². The lowest BCUT2D eigenvalue weighted by Gasteiger charge is -2.42. The van der Waals surface area contributed by atoms with E-state index in [0.29, 0.717) is 23.5 Å². The molecule has 8 heteroatoms. The second-order valence-corrected chi connectivity index (χ2v) is 12.4. The number of hydrogen-bond acceptors (Lipinski definition) is 5. The molecule has 1 atom stereocenters. The summed E-state index contributed by atoms with van der Waals surface area (Å²) in [5.41, 5.74) is 3.12. The molecule has 1 aromatic carbocycles. The Bertz CT molecular complexity index is 1200. The second kappa shape index (κ2) is 10.8. The van der Waals surface area contributed by atoms with Gasteiger partial charge in [-0.2, -0.15) is 0 Å². The molecule has 1 heterocycles. The van der Waals surface area contributed by atoms with Crippen LogP contribution in [0.2, 0.25) is 0 Å². The normalized spacial score (nSPS) is 16.7. The van der Waals surface area contributed by atoms with Crippen molar-refractivity contribution in [1.82, 2.24) is 9.88 Å². The minimum atomic E-state index is -1.01. The van der Waals surface area contributed by atoms with Crippen LogP contribution >= 0.6 is 0 Å². The third-order valence-corrected chi connectivity index (χ3v) is 7.16. The van der Waals surface area contributed by atoms with E-state index in [1.807, 2.05) is 19.1 Å². The number of aryl methyl sites for hydroxylation is 1. The van der Waals surface area contributed by atoms with Crippen LogP contribution in [0.4, 0.5) is 10.5 Å². The van der Waals surface area contributed by atoms with Gasteiger partial charge in [0.15, 0.2) is 0 Å². The minimum Gasteiger partial charge on any atom is -0.464 e. The summed E-state index contributed by atoms with van der Waals surface area (Å²) in [7, 11) is 1.32. The van der Waals surface area contributed by atoms with Crippen molar-refractivity contribution >= 4 is 23.7 Å². The molecule has 2 aromatic rings. The Balaban J connectivity index is 2.01. The molecule has 1 unspecified atom stereocenters. The summed E-state index contributed by atoms with van der Waals surface area (Å²) >= 11 is 0. The van der Waals surface area contributed by atoms with E-state index in [0.717, 1.165) is 19.3 Å². The summed E-state index contributed by atoms with van der Waals surface area (Å²) in [5, 5.41) is 5.66. The number of carbonyl (C=O) groups is 3. The van der Waals surface area contributed by atoms with Crippen LogP contribution in [0.1, 0.15) is 108 Å². The van der Waals surface area contributed by atoms with Crippen molar-refractivity contribution in [3.05, 3.63) is 52.8 Å². The van der Waals surface area contributed by atoms with Crippen LogP contribution in [0, 0.1) is 0 Å². The van der Waals surface area contributed by atoms with E-state index < -0.39 is 29.6 Å². The van der Waals surface area contributed by atoms with Gasteiger partial charge in [0.2, 0.25) is 0 Å². The fourth-order valence-electron chi connectivity index (χ4n) is 5.01. The number of nitrogens with zero attached hydrogens (tertiary/aromatic N) is 1. The first-order chi connectivity index (χ1) is 17.6. The zero-order valence-electron chi connectivity index (χ0n) is 24.3. The van der Waals surface area contributed by atoms with Gasteiger partial charge in [-0.25, -0.2) is 9.59 Å². The Morgan fingerprint density at radius 2 is 1.66 bits per heavy atom. The number of benzene rings is 1. The molecule has 0 aliphatic heterocycles. The molecular weight excluding hydrogens is 482 g/mol. The third-order valence-electron chi connectivity index (χ3n) is 7.16. The fraction of sp³-hybridized carbons (Fsp3) is 0.567. The number of fused-ring (bicyclic) bond motifs is 1. The van der Waals surface area contributed by atoms with Crippen molar-refractivity contribution in [3.63, 3.8) is 0 Å². The van der Waals surface area contributed by atoms with Crippen LogP contribution in [-0.4, -0.2) is 35.2 Å². The molecule has 208 valence electrons. The zero-order chi connectivity index (χ0) is 28.5. The molecule has 2 amide bonds. The summed E-state index contributed by atoms with van der Waals surface area (Å²) in [6.45, 7) is 16.8. The number of alkyl carbamates (subject to hydrolysis) is 1. The number of nitrogens with one attached hydrogen (secondary N) is 2. The Hall–Kier alpha value is -3.29. The Morgan fingerprint density at radius 1 is 1.03 bits per heavy atom. The van der Waals surface area contributed by atoms with E-state index in [2.05, 4.69) is 44.4 Å². The van der Waals surface area contributed by atoms with E-state index in [-0.39, 0.29) is 10.8 Å². The molecule has 0 saturated carbocycles. The van der Waals surface area contributed by atoms with Crippen molar-refractivity contribution in [1.29, 1.82) is 0 Å². The number of rotatable bonds is 7. The highest BCUT2D eigenvalue weighted by atomic mass is 16.6. The minimum absolute atomic E-state index is 0.0200. The summed E-state index contributed by atoms with van der Waals surface area (Å²) in [6, 6.07) is 6.61. The van der Waals surface area contributed by atoms with E-state index in [9.17, 15) is 14.4 Å². The van der Waals surface area contributed by atoms with Crippen LogP contribution in [0.5, 0.6) is 0 Å². The first-order valence-corrected chi connectivity index (χ1v) is 13.3. The average molecular weight is 526 g/mol. The highest BCUT2D eigenvalue weighted by molar-refractivity contribution is 5.98. The van der Waals surface area contributed by atoms with Gasteiger partial charge in [0, 0.05) is 12.7 Å². The molecule has 0 radical (unpaired) electrons. The molecule has 1 aliphatic rings. The lowest BCUT2D eigenvalue weighted by Crippen LogP contribution is -2.40. The number of aromatic nitrogens is 1. The van der Waals surface area contributed by atoms with E-state index >= 15 is 0 Å². The quantitative estimate of drug-likeness (QED) is 0.417. The van der Waals surface area contributed by atoms with Crippen molar-refractivity contribution in [2.45, 2.75) is 104 Å². The molecule has 8 nitrogen and oxygen atoms in total. The monoisotopic (exact) mass is 525 g/mol. The second-order valence-electron chi connectivity index (χ2n) is 12.4. The molecule has 0 bridgehead atoms. The molecule has 0 spiro atoms. The SMILES string of the molecule is CCCn1cc(NC(=O)C(NC(=O)OC(C)(C)C)c2ccc3c(c2)C(C)(C)CCC3(C)C)cc1C(=O)OC. The van der Waals surface area contributed by atoms with Gasteiger partial charge >= 0.3 is 12.1 Å². The number of carbonyl (C=O) groups excluding carboxylic acids is 3. The van der Waals surface area contributed by atoms with Gasteiger partial charge in [-0.05, 0) is 73.6 Å². The Morgan fingerprint density at radius 3 is 2.24 bits per heavy atom. The van der Waals surface area contributed by atoms with Gasteiger partial charge in [0.05, 0.1) is 12.8 Å². The van der Waals surface area contributed by atoms with Crippen molar-refractivity contribution in [3.8, 4) is 0 Å². The summed E-state index contributed by atoms with van der Waals surface area (Å²) < 4.78 is 12.1. The molecule has 1 aliphatic carbocycles. The van der Waals surface area contributed by atoms with Gasteiger partial charge in [-0.3, -0.25) is 4.79 Å². The van der Waals surface area contributed by atoms with Crippen molar-refractivity contribution < 1.29 is 23.9 Å². The molecule has 38 heavy (non-hydrogen) atoms. The van der Waals surface area contributed by atoms with E-state index in [1.54, 1.807) is 37.6 Å². The first kappa shape index (κ1) is 29.3. The lowest BCUT2D eigenvalue weighted by molar-refractivity contribution is -0.118. The fourth-order valence-corrected chi connectivity index (χ4v) is 5.01. The molecule has 0 saturated heterocycles. The Kier molecular flexibility index (Phi) is 8.34. The Labute approximate surface area is 226 Å². The predicted octanol–water partition coefficient (Wildman–Crippen LogP) is 6.24. The zero-order valence-corrected chi connectivity index (χ0v) is 24.3. The summed E-state index contributed by atoms with van der Waals surface area (Å²) in [6.07, 6.45) is 3.92. The van der Waals surface area contributed by atoms with Crippen LogP contribution in [0.3, 0.4) is 0 Å². The van der Waals surface area contributed by atoms with Crippen LogP contribution in [0.15, 0.2) is 30.5 Å². The van der Waals surface area contributed by atoms with Gasteiger partial charge < -0.3 is 24.7 Å². The summed E-state index contributed by atoms with van der Waals surface area (Å²) in [5.74, 6) is -0.921.